The van der Waals surface area contributed by atoms with Crippen molar-refractivity contribution in [1.82, 2.24) is 10.6 Å². The highest BCUT2D eigenvalue weighted by atomic mass is 16.4. The van der Waals surface area contributed by atoms with Crippen molar-refractivity contribution in [3.8, 4) is 12.3 Å². The van der Waals surface area contributed by atoms with Crippen molar-refractivity contribution in [2.75, 3.05) is 0 Å². The predicted molar refractivity (Wildman–Crippen MR) is 72.5 cm³/mol. The molecule has 0 aromatic carbocycles. The fraction of sp³-hybridized carbons (Fsp3) is 0.714. The monoisotopic (exact) mass is 266 g/mol. The van der Waals surface area contributed by atoms with Crippen LogP contribution in [-0.4, -0.2) is 29.2 Å². The van der Waals surface area contributed by atoms with E-state index in [0.29, 0.717) is 11.8 Å². The number of nitrogens with one attached hydrogen (secondary N) is 2. The van der Waals surface area contributed by atoms with Crippen molar-refractivity contribution in [1.29, 1.82) is 0 Å². The number of amides is 2. The molecule has 19 heavy (non-hydrogen) atoms. The van der Waals surface area contributed by atoms with Gasteiger partial charge in [-0.05, 0) is 18.3 Å². The van der Waals surface area contributed by atoms with Crippen LogP contribution in [0, 0.1) is 24.2 Å². The third kappa shape index (κ3) is 4.47. The number of terminal acetylenes is 1. The molecule has 0 aromatic rings. The standard InChI is InChI=1S/C14H22N2O3/c1-4-6-12(13(17)18)16-14(19)15-11-8-5-7-9(2)10(11)3/h1,9-12H,5-8H2,2-3H3,(H,17,18)(H2,15,16,19). The average molecular weight is 266 g/mol. The van der Waals surface area contributed by atoms with E-state index in [1.165, 1.54) is 6.42 Å². The smallest absolute Gasteiger partial charge is 0.327 e. The minimum atomic E-state index is -1.11. The summed E-state index contributed by atoms with van der Waals surface area (Å²) in [6.45, 7) is 4.29. The second-order valence-electron chi connectivity index (χ2n) is 5.29. The Hall–Kier alpha value is -1.70. The normalized spacial score (nSPS) is 27.9. The lowest BCUT2D eigenvalue weighted by Crippen LogP contribution is -2.51. The highest BCUT2D eigenvalue weighted by Gasteiger charge is 2.29. The molecule has 106 valence electrons. The Balaban J connectivity index is 2.50. The van der Waals surface area contributed by atoms with Crippen molar-refractivity contribution in [2.24, 2.45) is 11.8 Å². The van der Waals surface area contributed by atoms with Crippen LogP contribution in [0.4, 0.5) is 4.79 Å². The molecule has 0 radical (unpaired) electrons. The van der Waals surface area contributed by atoms with Gasteiger partial charge in [-0.25, -0.2) is 9.59 Å². The zero-order valence-corrected chi connectivity index (χ0v) is 11.5. The van der Waals surface area contributed by atoms with Gasteiger partial charge in [-0.1, -0.05) is 26.7 Å². The third-order valence-electron chi connectivity index (χ3n) is 3.95. The summed E-state index contributed by atoms with van der Waals surface area (Å²) in [5.41, 5.74) is 0. The van der Waals surface area contributed by atoms with Gasteiger partial charge in [-0.15, -0.1) is 12.3 Å². The molecule has 2 amide bonds. The van der Waals surface area contributed by atoms with Crippen LogP contribution in [0.1, 0.15) is 39.5 Å². The summed E-state index contributed by atoms with van der Waals surface area (Å²) in [5.74, 6) is 2.11. The van der Waals surface area contributed by atoms with Crippen molar-refractivity contribution >= 4 is 12.0 Å². The summed E-state index contributed by atoms with van der Waals surface area (Å²) in [7, 11) is 0. The molecule has 4 unspecified atom stereocenters. The summed E-state index contributed by atoms with van der Waals surface area (Å²) in [5, 5.41) is 14.2. The van der Waals surface area contributed by atoms with E-state index >= 15 is 0 Å². The molecule has 0 spiro atoms. The Kier molecular flexibility index (Phi) is 5.68. The first-order valence-electron chi connectivity index (χ1n) is 6.69. The number of hydrogen-bond acceptors (Lipinski definition) is 2. The first-order chi connectivity index (χ1) is 8.95. The van der Waals surface area contributed by atoms with Crippen LogP contribution in [0.5, 0.6) is 0 Å². The van der Waals surface area contributed by atoms with Gasteiger partial charge < -0.3 is 15.7 Å². The van der Waals surface area contributed by atoms with E-state index < -0.39 is 18.0 Å². The van der Waals surface area contributed by atoms with Crippen molar-refractivity contribution < 1.29 is 14.7 Å². The number of carbonyl (C=O) groups is 2. The van der Waals surface area contributed by atoms with Crippen LogP contribution in [0.2, 0.25) is 0 Å². The Bertz CT molecular complexity index is 375. The molecule has 0 saturated heterocycles. The summed E-state index contributed by atoms with van der Waals surface area (Å²) in [6.07, 6.45) is 8.27. The van der Waals surface area contributed by atoms with Gasteiger partial charge in [-0.3, -0.25) is 0 Å². The first kappa shape index (κ1) is 15.4. The van der Waals surface area contributed by atoms with Gasteiger partial charge in [0, 0.05) is 12.5 Å². The van der Waals surface area contributed by atoms with E-state index in [1.54, 1.807) is 0 Å². The number of carboxylic acids is 1. The number of hydrogen-bond donors (Lipinski definition) is 3. The van der Waals surface area contributed by atoms with Gasteiger partial charge >= 0.3 is 12.0 Å². The third-order valence-corrected chi connectivity index (χ3v) is 3.95. The maximum Gasteiger partial charge on any atom is 0.327 e. The zero-order chi connectivity index (χ0) is 14.4. The van der Waals surface area contributed by atoms with Gasteiger partial charge in [0.15, 0.2) is 0 Å². The fourth-order valence-electron chi connectivity index (χ4n) is 2.47. The van der Waals surface area contributed by atoms with Crippen LogP contribution < -0.4 is 10.6 Å². The lowest BCUT2D eigenvalue weighted by molar-refractivity contribution is -0.139. The minimum absolute atomic E-state index is 0.0145. The Morgan fingerprint density at radius 1 is 1.42 bits per heavy atom. The molecular formula is C14H22N2O3. The number of carbonyl (C=O) groups excluding carboxylic acids is 1. The topological polar surface area (TPSA) is 78.4 Å². The quantitative estimate of drug-likeness (QED) is 0.676. The van der Waals surface area contributed by atoms with E-state index in [9.17, 15) is 9.59 Å². The molecule has 1 rings (SSSR count). The summed E-state index contributed by atoms with van der Waals surface area (Å²) >= 11 is 0. The molecule has 0 aliphatic heterocycles. The van der Waals surface area contributed by atoms with Gasteiger partial charge in [0.25, 0.3) is 0 Å². The molecule has 5 nitrogen and oxygen atoms in total. The first-order valence-corrected chi connectivity index (χ1v) is 6.69. The maximum atomic E-state index is 11.8. The lowest BCUT2D eigenvalue weighted by Gasteiger charge is -2.34. The maximum absolute atomic E-state index is 11.8. The minimum Gasteiger partial charge on any atom is -0.480 e. The SMILES string of the molecule is C#CCC(NC(=O)NC1CCCC(C)C1C)C(=O)O. The van der Waals surface area contributed by atoms with Crippen LogP contribution >= 0.6 is 0 Å². The number of urea groups is 1. The van der Waals surface area contributed by atoms with E-state index in [-0.39, 0.29) is 12.5 Å². The van der Waals surface area contributed by atoms with Crippen LogP contribution in [0.15, 0.2) is 0 Å². The van der Waals surface area contributed by atoms with E-state index in [4.69, 9.17) is 11.5 Å². The number of carboxylic acid groups (broad SMARTS) is 1. The molecule has 5 heteroatoms. The highest BCUT2D eigenvalue weighted by Crippen LogP contribution is 2.29. The van der Waals surface area contributed by atoms with E-state index in [2.05, 4.69) is 30.4 Å². The Labute approximate surface area is 114 Å². The highest BCUT2D eigenvalue weighted by molar-refractivity contribution is 5.82. The summed E-state index contributed by atoms with van der Waals surface area (Å²) < 4.78 is 0. The molecule has 0 bridgehead atoms. The van der Waals surface area contributed by atoms with E-state index in [1.807, 2.05) is 0 Å². The molecular weight excluding hydrogens is 244 g/mol. The summed E-state index contributed by atoms with van der Waals surface area (Å²) in [4.78, 5) is 22.7. The van der Waals surface area contributed by atoms with Crippen LogP contribution in [-0.2, 0) is 4.79 Å². The second-order valence-corrected chi connectivity index (χ2v) is 5.29. The lowest BCUT2D eigenvalue weighted by atomic mass is 9.78. The van der Waals surface area contributed by atoms with Gasteiger partial charge in [0.1, 0.15) is 6.04 Å². The fourth-order valence-corrected chi connectivity index (χ4v) is 2.47. The molecule has 1 saturated carbocycles. The molecule has 4 atom stereocenters. The van der Waals surface area contributed by atoms with E-state index in [0.717, 1.165) is 12.8 Å². The predicted octanol–water partition coefficient (Wildman–Crippen LogP) is 1.59. The second kappa shape index (κ2) is 7.03. The molecule has 1 aliphatic rings. The largest absolute Gasteiger partial charge is 0.480 e. The Morgan fingerprint density at radius 2 is 2.11 bits per heavy atom. The Morgan fingerprint density at radius 3 is 2.68 bits per heavy atom. The number of aliphatic carboxylic acids is 1. The molecule has 1 aliphatic carbocycles. The molecule has 1 fully saturated rings. The summed E-state index contributed by atoms with van der Waals surface area (Å²) in [6, 6.07) is -1.38. The van der Waals surface area contributed by atoms with Crippen LogP contribution in [0.25, 0.3) is 0 Å². The molecule has 3 N–H and O–H groups in total. The van der Waals surface area contributed by atoms with Gasteiger partial charge in [-0.2, -0.15) is 0 Å². The van der Waals surface area contributed by atoms with Crippen molar-refractivity contribution in [2.45, 2.75) is 51.6 Å². The number of rotatable bonds is 4. The van der Waals surface area contributed by atoms with Crippen LogP contribution in [0.3, 0.4) is 0 Å². The molecule has 0 aromatic heterocycles. The zero-order valence-electron chi connectivity index (χ0n) is 11.5. The van der Waals surface area contributed by atoms with Gasteiger partial charge in [0.2, 0.25) is 0 Å². The average Bonchev–Trinajstić information content (AvgIpc) is 2.34. The van der Waals surface area contributed by atoms with Crippen molar-refractivity contribution in [3.05, 3.63) is 0 Å². The van der Waals surface area contributed by atoms with Gasteiger partial charge in [0.05, 0.1) is 0 Å². The molecule has 0 heterocycles. The van der Waals surface area contributed by atoms with Crippen molar-refractivity contribution in [3.63, 3.8) is 0 Å².